The number of aliphatic hydroxyl groups is 5. The van der Waals surface area contributed by atoms with Crippen molar-refractivity contribution in [1.82, 2.24) is 5.32 Å². The van der Waals surface area contributed by atoms with Crippen molar-refractivity contribution >= 4 is 11.9 Å². The van der Waals surface area contributed by atoms with Crippen LogP contribution in [0.25, 0.3) is 0 Å². The third kappa shape index (κ3) is 48.3. The third-order valence-corrected chi connectivity index (χ3v) is 15.8. The molecule has 1 saturated heterocycles. The first kappa shape index (κ1) is 76.4. The molecule has 11 nitrogen and oxygen atoms in total. The van der Waals surface area contributed by atoms with Gasteiger partial charge in [0.2, 0.25) is 5.91 Å². The number of hydrogen-bond donors (Lipinski definition) is 6. The van der Waals surface area contributed by atoms with Crippen molar-refractivity contribution in [3.05, 3.63) is 60.8 Å². The molecule has 7 atom stereocenters. The normalized spacial score (nSPS) is 18.6. The second-order valence-corrected chi connectivity index (χ2v) is 23.5. The van der Waals surface area contributed by atoms with E-state index in [9.17, 15) is 35.1 Å². The van der Waals surface area contributed by atoms with Crippen molar-refractivity contribution in [2.45, 2.75) is 352 Å². The number of amides is 1. The highest BCUT2D eigenvalue weighted by molar-refractivity contribution is 5.76. The molecule has 81 heavy (non-hydrogen) atoms. The van der Waals surface area contributed by atoms with E-state index in [1.54, 1.807) is 6.08 Å². The van der Waals surface area contributed by atoms with Crippen LogP contribution in [0, 0.1) is 0 Å². The summed E-state index contributed by atoms with van der Waals surface area (Å²) in [5.74, 6) is -0.199. The van der Waals surface area contributed by atoms with Gasteiger partial charge in [-0.15, -0.1) is 0 Å². The Morgan fingerprint density at radius 3 is 1.22 bits per heavy atom. The molecule has 1 amide bonds. The Morgan fingerprint density at radius 1 is 0.444 bits per heavy atom. The zero-order valence-electron chi connectivity index (χ0n) is 52.2. The number of ether oxygens (including phenoxy) is 3. The molecular weight excluding hydrogens is 1010 g/mol. The summed E-state index contributed by atoms with van der Waals surface area (Å²) < 4.78 is 16.7. The molecule has 0 aromatic rings. The Bertz CT molecular complexity index is 1530. The summed E-state index contributed by atoms with van der Waals surface area (Å²) in [6.45, 7) is 4.25. The Balaban J connectivity index is 1.98. The molecule has 0 aromatic carbocycles. The largest absolute Gasteiger partial charge is 0.466 e. The quantitative estimate of drug-likeness (QED) is 0.0195. The summed E-state index contributed by atoms with van der Waals surface area (Å²) >= 11 is 0. The summed E-state index contributed by atoms with van der Waals surface area (Å²) in [6, 6.07) is -0.834. The molecule has 0 aliphatic carbocycles. The molecule has 11 heteroatoms. The van der Waals surface area contributed by atoms with Gasteiger partial charge in [0, 0.05) is 12.8 Å². The molecule has 6 N–H and O–H groups in total. The minimum Gasteiger partial charge on any atom is -0.466 e. The fourth-order valence-electron chi connectivity index (χ4n) is 10.4. The topological polar surface area (TPSA) is 175 Å². The Kier molecular flexibility index (Phi) is 55.7. The lowest BCUT2D eigenvalue weighted by molar-refractivity contribution is -0.302. The van der Waals surface area contributed by atoms with Gasteiger partial charge in [-0.25, -0.2) is 0 Å². The van der Waals surface area contributed by atoms with E-state index in [1.807, 2.05) is 6.08 Å². The number of nitrogens with one attached hydrogen (secondary N) is 1. The molecule has 1 aliphatic rings. The number of carbonyl (C=O) groups is 2. The van der Waals surface area contributed by atoms with Crippen LogP contribution in [0.5, 0.6) is 0 Å². The molecule has 0 aromatic heterocycles. The highest BCUT2D eigenvalue weighted by Crippen LogP contribution is 2.23. The SMILES string of the molecule is CCCC/C=C\CCCCCCCC(=O)OCCCCCCCCCCCCCC/C=C\CCCCCCCCCCCCCCCCC(=O)NC(COC1OC(CO)C(O)C(O)C1O)C(O)/C=C/CC/C=C/CC/C=C/CCCC. The van der Waals surface area contributed by atoms with Crippen molar-refractivity contribution in [3.63, 3.8) is 0 Å². The highest BCUT2D eigenvalue weighted by atomic mass is 16.7. The van der Waals surface area contributed by atoms with Gasteiger partial charge < -0.3 is 45.1 Å². The number of hydrogen-bond acceptors (Lipinski definition) is 10. The first-order chi connectivity index (χ1) is 39.7. The summed E-state index contributed by atoms with van der Waals surface area (Å²) in [4.78, 5) is 25.1. The van der Waals surface area contributed by atoms with Gasteiger partial charge in [-0.3, -0.25) is 9.59 Å². The van der Waals surface area contributed by atoms with Gasteiger partial charge in [0.05, 0.1) is 32.0 Å². The lowest BCUT2D eigenvalue weighted by Crippen LogP contribution is -2.60. The van der Waals surface area contributed by atoms with E-state index in [0.717, 1.165) is 70.6 Å². The second kappa shape index (κ2) is 59.1. The van der Waals surface area contributed by atoms with E-state index in [2.05, 4.69) is 67.8 Å². The summed E-state index contributed by atoms with van der Waals surface area (Å²) in [6.07, 6.45) is 67.8. The maximum Gasteiger partial charge on any atom is 0.305 e. The van der Waals surface area contributed by atoms with Crippen LogP contribution in [0.15, 0.2) is 60.8 Å². The summed E-state index contributed by atoms with van der Waals surface area (Å²) in [5, 5.41) is 54.4. The van der Waals surface area contributed by atoms with Crippen LogP contribution in [-0.4, -0.2) is 100 Å². The van der Waals surface area contributed by atoms with E-state index in [-0.39, 0.29) is 18.5 Å². The fraction of sp³-hybridized carbons (Fsp3) is 0.829. The average Bonchev–Trinajstić information content (AvgIpc) is 3.52. The number of allylic oxidation sites excluding steroid dienone is 9. The molecule has 0 bridgehead atoms. The van der Waals surface area contributed by atoms with Crippen LogP contribution in [0.3, 0.4) is 0 Å². The molecule has 1 heterocycles. The van der Waals surface area contributed by atoms with Crippen LogP contribution < -0.4 is 5.32 Å². The monoisotopic (exact) mass is 1140 g/mol. The first-order valence-electron chi connectivity index (χ1n) is 34.1. The predicted octanol–water partition coefficient (Wildman–Crippen LogP) is 17.0. The lowest BCUT2D eigenvalue weighted by Gasteiger charge is -2.40. The van der Waals surface area contributed by atoms with E-state index in [4.69, 9.17) is 14.2 Å². The molecule has 0 spiro atoms. The lowest BCUT2D eigenvalue weighted by atomic mass is 9.99. The Hall–Kier alpha value is -2.64. The number of aliphatic hydroxyl groups excluding tert-OH is 5. The zero-order chi connectivity index (χ0) is 58.7. The van der Waals surface area contributed by atoms with Gasteiger partial charge in [0.25, 0.3) is 0 Å². The molecule has 7 unspecified atom stereocenters. The predicted molar refractivity (Wildman–Crippen MR) is 338 cm³/mol. The molecule has 1 rings (SSSR count). The van der Waals surface area contributed by atoms with Crippen molar-refractivity contribution in [2.24, 2.45) is 0 Å². The van der Waals surface area contributed by atoms with Crippen LogP contribution in [0.4, 0.5) is 0 Å². The zero-order valence-corrected chi connectivity index (χ0v) is 52.2. The molecule has 1 aliphatic heterocycles. The molecule has 472 valence electrons. The van der Waals surface area contributed by atoms with Gasteiger partial charge in [0.15, 0.2) is 6.29 Å². The third-order valence-electron chi connectivity index (χ3n) is 15.8. The van der Waals surface area contributed by atoms with Gasteiger partial charge in [0.1, 0.15) is 24.4 Å². The van der Waals surface area contributed by atoms with Gasteiger partial charge in [-0.1, -0.05) is 261 Å². The van der Waals surface area contributed by atoms with Crippen LogP contribution in [0.2, 0.25) is 0 Å². The molecule has 0 radical (unpaired) electrons. The summed E-state index contributed by atoms with van der Waals surface area (Å²) in [5.41, 5.74) is 0. The van der Waals surface area contributed by atoms with Crippen LogP contribution >= 0.6 is 0 Å². The first-order valence-corrected chi connectivity index (χ1v) is 34.1. The second-order valence-electron chi connectivity index (χ2n) is 23.5. The van der Waals surface area contributed by atoms with Crippen LogP contribution in [0.1, 0.15) is 309 Å². The fourth-order valence-corrected chi connectivity index (χ4v) is 10.4. The minimum atomic E-state index is -1.58. The van der Waals surface area contributed by atoms with Gasteiger partial charge in [-0.05, 0) is 96.3 Å². The van der Waals surface area contributed by atoms with Crippen molar-refractivity contribution < 1.29 is 49.3 Å². The molecular formula is C70H127NO10. The van der Waals surface area contributed by atoms with E-state index in [1.165, 1.54) is 212 Å². The van der Waals surface area contributed by atoms with Gasteiger partial charge in [-0.2, -0.15) is 0 Å². The minimum absolute atomic E-state index is 0.00319. The molecule has 1 fully saturated rings. The van der Waals surface area contributed by atoms with Crippen molar-refractivity contribution in [1.29, 1.82) is 0 Å². The van der Waals surface area contributed by atoms with Crippen molar-refractivity contribution in [3.8, 4) is 0 Å². The maximum atomic E-state index is 13.0. The van der Waals surface area contributed by atoms with E-state index < -0.39 is 49.5 Å². The van der Waals surface area contributed by atoms with Crippen molar-refractivity contribution in [2.75, 3.05) is 19.8 Å². The molecule has 0 saturated carbocycles. The maximum absolute atomic E-state index is 13.0. The van der Waals surface area contributed by atoms with E-state index >= 15 is 0 Å². The number of unbranched alkanes of at least 4 members (excludes halogenated alkanes) is 37. The average molecular weight is 1140 g/mol. The summed E-state index contributed by atoms with van der Waals surface area (Å²) in [7, 11) is 0. The smallest absolute Gasteiger partial charge is 0.305 e. The van der Waals surface area contributed by atoms with Gasteiger partial charge >= 0.3 is 5.97 Å². The Morgan fingerprint density at radius 2 is 0.802 bits per heavy atom. The number of rotatable bonds is 59. The van der Waals surface area contributed by atoms with Crippen LogP contribution in [-0.2, 0) is 23.8 Å². The number of esters is 1. The number of carbonyl (C=O) groups excluding carboxylic acids is 2. The van der Waals surface area contributed by atoms with E-state index in [0.29, 0.717) is 19.4 Å². The standard InChI is InChI=1S/C70H127NO10/c1-3-5-7-9-11-13-15-37-40-44-48-52-56-63(73)62(61-80-70-69(78)68(77)67(76)64(60-72)81-70)71-65(74)57-53-49-45-41-38-34-32-30-28-26-24-22-20-18-16-17-19-21-23-25-27-29-31-33-35-39-43-47-51-55-59-79-66(75)58-54-50-46-42-36-14-12-10-8-6-4-2/h9-12,17,19,37,40,52,56,62-64,67-70,72-73,76-78H,3-8,13-16,18,20-36,38-39,41-51,53-55,57-61H2,1-2H3,(H,71,74)/b11-9+,12-10-,19-17-,40-37+,56-52+. The highest BCUT2D eigenvalue weighted by Gasteiger charge is 2.44. The Labute approximate surface area is 497 Å².